The Morgan fingerprint density at radius 1 is 1.62 bits per heavy atom. The number of nitrogens with one attached hydrogen (secondary N) is 1. The summed E-state index contributed by atoms with van der Waals surface area (Å²) in [6.07, 6.45) is 4.36. The van der Waals surface area contributed by atoms with Crippen LogP contribution in [0, 0.1) is 0 Å². The Hall–Kier alpha value is -0.510. The van der Waals surface area contributed by atoms with Crippen LogP contribution in [0.5, 0.6) is 0 Å². The van der Waals surface area contributed by atoms with Gasteiger partial charge in [-0.2, -0.15) is 0 Å². The molecule has 1 aromatic rings. The Morgan fingerprint density at radius 2 is 2.44 bits per heavy atom. The maximum atomic E-state index is 5.42. The molecule has 1 aliphatic rings. The van der Waals surface area contributed by atoms with Gasteiger partial charge >= 0.3 is 0 Å². The normalized spacial score (nSPS) is 22.1. The van der Waals surface area contributed by atoms with Gasteiger partial charge in [0.15, 0.2) is 0 Å². The molecule has 0 aromatic carbocycles. The van der Waals surface area contributed by atoms with Crippen LogP contribution >= 0.6 is 12.4 Å². The highest BCUT2D eigenvalue weighted by Crippen LogP contribution is 2.20. The lowest BCUT2D eigenvalue weighted by atomic mass is 10.1. The van der Waals surface area contributed by atoms with E-state index in [1.165, 1.54) is 19.4 Å². The van der Waals surface area contributed by atoms with Crippen molar-refractivity contribution >= 4 is 12.4 Å². The molecule has 3 nitrogen and oxygen atoms in total. The molecule has 1 aromatic heterocycles. The summed E-state index contributed by atoms with van der Waals surface area (Å²) in [7, 11) is 2.16. The van der Waals surface area contributed by atoms with Crippen molar-refractivity contribution in [2.45, 2.75) is 31.8 Å². The summed E-state index contributed by atoms with van der Waals surface area (Å²) >= 11 is 0. The number of halogens is 1. The molecule has 2 rings (SSSR count). The van der Waals surface area contributed by atoms with Crippen molar-refractivity contribution in [3.8, 4) is 0 Å². The van der Waals surface area contributed by atoms with E-state index in [1.807, 2.05) is 12.1 Å². The van der Waals surface area contributed by atoms with Crippen LogP contribution in [0.2, 0.25) is 0 Å². The van der Waals surface area contributed by atoms with Gasteiger partial charge in [0, 0.05) is 12.6 Å². The highest BCUT2D eigenvalue weighted by atomic mass is 35.5. The number of likely N-dealkylation sites (N-methyl/N-ethyl adjacent to an activating group) is 1. The van der Waals surface area contributed by atoms with Gasteiger partial charge in [0.25, 0.3) is 0 Å². The van der Waals surface area contributed by atoms with Crippen molar-refractivity contribution in [3.63, 3.8) is 0 Å². The zero-order valence-electron chi connectivity index (χ0n) is 9.98. The Labute approximate surface area is 104 Å². The molecule has 2 heterocycles. The maximum absolute atomic E-state index is 5.42. The van der Waals surface area contributed by atoms with Crippen molar-refractivity contribution in [2.75, 3.05) is 20.1 Å². The summed E-state index contributed by atoms with van der Waals surface area (Å²) < 4.78 is 5.42. The van der Waals surface area contributed by atoms with Gasteiger partial charge in [0.2, 0.25) is 0 Å². The van der Waals surface area contributed by atoms with Crippen molar-refractivity contribution < 1.29 is 4.42 Å². The minimum Gasteiger partial charge on any atom is -0.468 e. The van der Waals surface area contributed by atoms with Crippen molar-refractivity contribution in [1.82, 2.24) is 10.2 Å². The Balaban J connectivity index is 0.00000128. The average Bonchev–Trinajstić information content (AvgIpc) is 2.88. The zero-order valence-corrected chi connectivity index (χ0v) is 10.8. The van der Waals surface area contributed by atoms with E-state index < -0.39 is 0 Å². The predicted octanol–water partition coefficient (Wildman–Crippen LogP) is 2.45. The molecule has 0 bridgehead atoms. The summed E-state index contributed by atoms with van der Waals surface area (Å²) in [4.78, 5) is 2.35. The summed E-state index contributed by atoms with van der Waals surface area (Å²) in [5.41, 5.74) is 0. The number of nitrogens with zero attached hydrogens (tertiary/aromatic N) is 1. The number of hydrogen-bond acceptors (Lipinski definition) is 3. The first-order valence-corrected chi connectivity index (χ1v) is 5.74. The van der Waals surface area contributed by atoms with Gasteiger partial charge in [-0.25, -0.2) is 0 Å². The van der Waals surface area contributed by atoms with Crippen LogP contribution < -0.4 is 5.32 Å². The van der Waals surface area contributed by atoms with Crippen LogP contribution in [0.15, 0.2) is 22.8 Å². The molecular weight excluding hydrogens is 224 g/mol. The smallest absolute Gasteiger partial charge is 0.120 e. The summed E-state index contributed by atoms with van der Waals surface area (Å²) in [6, 6.07) is 5.02. The SMILES string of the molecule is CC(c1ccco1)N(C)CC1CCCN1.Cl. The van der Waals surface area contributed by atoms with E-state index in [-0.39, 0.29) is 12.4 Å². The molecule has 0 amide bonds. The van der Waals surface area contributed by atoms with E-state index in [0.717, 1.165) is 12.3 Å². The van der Waals surface area contributed by atoms with E-state index >= 15 is 0 Å². The van der Waals surface area contributed by atoms with Gasteiger partial charge in [-0.15, -0.1) is 12.4 Å². The molecule has 1 saturated heterocycles. The molecule has 0 aliphatic carbocycles. The fourth-order valence-corrected chi connectivity index (χ4v) is 2.16. The third kappa shape index (κ3) is 3.24. The minimum atomic E-state index is 0. The van der Waals surface area contributed by atoms with E-state index in [2.05, 4.69) is 24.2 Å². The molecule has 0 saturated carbocycles. The second-order valence-corrected chi connectivity index (χ2v) is 4.42. The first-order chi connectivity index (χ1) is 7.27. The van der Waals surface area contributed by atoms with Gasteiger partial charge in [0.1, 0.15) is 5.76 Å². The molecule has 2 atom stereocenters. The lowest BCUT2D eigenvalue weighted by Crippen LogP contribution is -2.36. The lowest BCUT2D eigenvalue weighted by molar-refractivity contribution is 0.213. The molecule has 1 N–H and O–H groups in total. The molecule has 1 fully saturated rings. The first-order valence-electron chi connectivity index (χ1n) is 5.74. The fourth-order valence-electron chi connectivity index (χ4n) is 2.16. The van der Waals surface area contributed by atoms with Gasteiger partial charge in [0.05, 0.1) is 12.3 Å². The van der Waals surface area contributed by atoms with Crippen molar-refractivity contribution in [3.05, 3.63) is 24.2 Å². The quantitative estimate of drug-likeness (QED) is 0.882. The topological polar surface area (TPSA) is 28.4 Å². The highest BCUT2D eigenvalue weighted by Gasteiger charge is 2.20. The highest BCUT2D eigenvalue weighted by molar-refractivity contribution is 5.85. The standard InChI is InChI=1S/C12H20N2O.ClH/c1-10(12-6-4-8-15-12)14(2)9-11-5-3-7-13-11;/h4,6,8,10-11,13H,3,5,7,9H2,1-2H3;1H. The van der Waals surface area contributed by atoms with Crippen molar-refractivity contribution in [1.29, 1.82) is 0 Å². The molecule has 0 spiro atoms. The van der Waals surface area contributed by atoms with E-state index in [4.69, 9.17) is 4.42 Å². The summed E-state index contributed by atoms with van der Waals surface area (Å²) in [6.45, 7) is 4.46. The summed E-state index contributed by atoms with van der Waals surface area (Å²) in [5.74, 6) is 1.05. The van der Waals surface area contributed by atoms with Crippen LogP contribution in [-0.4, -0.2) is 31.1 Å². The molecular formula is C12H21ClN2O. The van der Waals surface area contributed by atoms with Crippen LogP contribution in [0.3, 0.4) is 0 Å². The van der Waals surface area contributed by atoms with Gasteiger partial charge in [-0.3, -0.25) is 4.90 Å². The Morgan fingerprint density at radius 3 is 3.00 bits per heavy atom. The fraction of sp³-hybridized carbons (Fsp3) is 0.667. The monoisotopic (exact) mass is 244 g/mol. The van der Waals surface area contributed by atoms with Gasteiger partial charge in [-0.1, -0.05) is 0 Å². The Bertz CT molecular complexity index is 283. The number of rotatable bonds is 4. The third-order valence-corrected chi connectivity index (χ3v) is 3.29. The second-order valence-electron chi connectivity index (χ2n) is 4.42. The van der Waals surface area contributed by atoms with Crippen LogP contribution in [-0.2, 0) is 0 Å². The van der Waals surface area contributed by atoms with Gasteiger partial charge < -0.3 is 9.73 Å². The van der Waals surface area contributed by atoms with Crippen LogP contribution in [0.25, 0.3) is 0 Å². The van der Waals surface area contributed by atoms with Gasteiger partial charge in [-0.05, 0) is 45.5 Å². The van der Waals surface area contributed by atoms with E-state index in [9.17, 15) is 0 Å². The summed E-state index contributed by atoms with van der Waals surface area (Å²) in [5, 5.41) is 3.52. The first kappa shape index (κ1) is 13.6. The lowest BCUT2D eigenvalue weighted by Gasteiger charge is -2.26. The molecule has 0 radical (unpaired) electrons. The Kier molecular flexibility index (Phi) is 5.32. The van der Waals surface area contributed by atoms with Crippen LogP contribution in [0.4, 0.5) is 0 Å². The predicted molar refractivity (Wildman–Crippen MR) is 68.0 cm³/mol. The van der Waals surface area contributed by atoms with Crippen LogP contribution in [0.1, 0.15) is 31.6 Å². The number of hydrogen-bond donors (Lipinski definition) is 1. The maximum Gasteiger partial charge on any atom is 0.120 e. The molecule has 92 valence electrons. The third-order valence-electron chi connectivity index (χ3n) is 3.29. The number of furan rings is 1. The van der Waals surface area contributed by atoms with E-state index in [1.54, 1.807) is 6.26 Å². The largest absolute Gasteiger partial charge is 0.468 e. The molecule has 4 heteroatoms. The molecule has 2 unspecified atom stereocenters. The minimum absolute atomic E-state index is 0. The molecule has 16 heavy (non-hydrogen) atoms. The zero-order chi connectivity index (χ0) is 10.7. The molecule has 1 aliphatic heterocycles. The average molecular weight is 245 g/mol. The second kappa shape index (κ2) is 6.28. The van der Waals surface area contributed by atoms with Crippen molar-refractivity contribution in [2.24, 2.45) is 0 Å². The van der Waals surface area contributed by atoms with E-state index in [0.29, 0.717) is 12.1 Å².